The normalized spacial score (nSPS) is 11.8. The van der Waals surface area contributed by atoms with Gasteiger partial charge in [-0.15, -0.1) is 0 Å². The van der Waals surface area contributed by atoms with Crippen molar-refractivity contribution in [2.75, 3.05) is 30.3 Å². The summed E-state index contributed by atoms with van der Waals surface area (Å²) in [5.41, 5.74) is 3.82. The Morgan fingerprint density at radius 2 is 1.62 bits per heavy atom. The average Bonchev–Trinajstić information content (AvgIpc) is 2.68. The van der Waals surface area contributed by atoms with Crippen molar-refractivity contribution >= 4 is 21.6 Å². The minimum Gasteiger partial charge on any atom is -0.492 e. The first-order valence-corrected chi connectivity index (χ1v) is 12.8. The Bertz CT molecular complexity index is 989. The highest BCUT2D eigenvalue weighted by molar-refractivity contribution is 7.92. The Morgan fingerprint density at radius 1 is 1.03 bits per heavy atom. The van der Waals surface area contributed by atoms with E-state index in [9.17, 15) is 13.2 Å². The molecule has 0 atom stereocenters. The van der Waals surface area contributed by atoms with Crippen LogP contribution in [0.1, 0.15) is 50.3 Å². The first-order valence-electron chi connectivity index (χ1n) is 10.9. The maximum atomic E-state index is 12.3. The van der Waals surface area contributed by atoms with Crippen molar-refractivity contribution in [3.63, 3.8) is 0 Å². The van der Waals surface area contributed by atoms with Crippen molar-refractivity contribution in [2.24, 2.45) is 0 Å². The molecule has 32 heavy (non-hydrogen) atoms. The number of anilines is 1. The largest absolute Gasteiger partial charge is 0.492 e. The number of sulfonamides is 1. The smallest absolute Gasteiger partial charge is 0.232 e. The molecule has 0 spiro atoms. The molecule has 0 aliphatic rings. The van der Waals surface area contributed by atoms with E-state index in [2.05, 4.69) is 38.2 Å². The first kappa shape index (κ1) is 25.7. The lowest BCUT2D eigenvalue weighted by molar-refractivity contribution is -0.121. The monoisotopic (exact) mass is 460 g/mol. The van der Waals surface area contributed by atoms with Crippen LogP contribution >= 0.6 is 0 Å². The van der Waals surface area contributed by atoms with Crippen LogP contribution in [-0.4, -0.2) is 40.3 Å². The van der Waals surface area contributed by atoms with Gasteiger partial charge >= 0.3 is 0 Å². The van der Waals surface area contributed by atoms with Crippen molar-refractivity contribution in [3.8, 4) is 5.75 Å². The first-order chi connectivity index (χ1) is 14.9. The molecule has 176 valence electrons. The van der Waals surface area contributed by atoms with E-state index in [1.54, 1.807) is 0 Å². The van der Waals surface area contributed by atoms with E-state index < -0.39 is 10.0 Å². The molecular weight excluding hydrogens is 424 g/mol. The molecule has 0 aliphatic carbocycles. The summed E-state index contributed by atoms with van der Waals surface area (Å²) in [6, 6.07) is 13.7. The third kappa shape index (κ3) is 7.55. The van der Waals surface area contributed by atoms with Gasteiger partial charge in [0.1, 0.15) is 12.4 Å². The standard InChI is InChI=1S/C25H36N2O4S/c1-19-9-7-10-20(2)24(19)27(32(6,29)30)17-8-11-23(28)26-16-18-31-22-14-12-21(13-15-22)25(3,4)5/h7,9-10,12-15H,8,11,16-18H2,1-6H3,(H,26,28). The van der Waals surface area contributed by atoms with Crippen LogP contribution in [0.4, 0.5) is 5.69 Å². The van der Waals surface area contributed by atoms with Gasteiger partial charge in [-0.25, -0.2) is 8.42 Å². The number of ether oxygens (including phenoxy) is 1. The average molecular weight is 461 g/mol. The van der Waals surface area contributed by atoms with Gasteiger partial charge in [-0.1, -0.05) is 51.1 Å². The van der Waals surface area contributed by atoms with Crippen LogP contribution in [0.25, 0.3) is 0 Å². The number of rotatable bonds is 10. The van der Waals surface area contributed by atoms with Crippen LogP contribution in [0.15, 0.2) is 42.5 Å². The molecule has 2 aromatic carbocycles. The highest BCUT2D eigenvalue weighted by atomic mass is 32.2. The SMILES string of the molecule is Cc1cccc(C)c1N(CCCC(=O)NCCOc1ccc(C(C)(C)C)cc1)S(C)(=O)=O. The van der Waals surface area contributed by atoms with Gasteiger partial charge in [-0.05, 0) is 54.5 Å². The number of amides is 1. The van der Waals surface area contributed by atoms with Gasteiger partial charge in [0, 0.05) is 13.0 Å². The molecule has 0 aliphatic heterocycles. The highest BCUT2D eigenvalue weighted by Crippen LogP contribution is 2.27. The number of hydrogen-bond acceptors (Lipinski definition) is 4. The zero-order valence-corrected chi connectivity index (χ0v) is 20.9. The number of carbonyl (C=O) groups is 1. The van der Waals surface area contributed by atoms with E-state index in [4.69, 9.17) is 4.74 Å². The summed E-state index contributed by atoms with van der Waals surface area (Å²) >= 11 is 0. The second-order valence-corrected chi connectivity index (χ2v) is 11.1. The fourth-order valence-corrected chi connectivity index (χ4v) is 4.60. The fraction of sp³-hybridized carbons (Fsp3) is 0.480. The van der Waals surface area contributed by atoms with Crippen molar-refractivity contribution in [3.05, 3.63) is 59.2 Å². The van der Waals surface area contributed by atoms with Crippen LogP contribution in [0.5, 0.6) is 5.75 Å². The summed E-state index contributed by atoms with van der Waals surface area (Å²) in [5.74, 6) is 0.649. The molecule has 0 aromatic heterocycles. The summed E-state index contributed by atoms with van der Waals surface area (Å²) in [7, 11) is -3.44. The molecular formula is C25H36N2O4S. The molecule has 0 saturated heterocycles. The molecule has 2 aromatic rings. The lowest BCUT2D eigenvalue weighted by atomic mass is 9.87. The number of para-hydroxylation sites is 1. The van der Waals surface area contributed by atoms with E-state index in [1.165, 1.54) is 16.1 Å². The molecule has 6 nitrogen and oxygen atoms in total. The van der Waals surface area contributed by atoms with Crippen LogP contribution in [0.2, 0.25) is 0 Å². The zero-order valence-electron chi connectivity index (χ0n) is 20.1. The van der Waals surface area contributed by atoms with E-state index in [0.717, 1.165) is 16.9 Å². The summed E-state index contributed by atoms with van der Waals surface area (Å²) in [5, 5.41) is 2.83. The molecule has 0 heterocycles. The van der Waals surface area contributed by atoms with Crippen LogP contribution in [0.3, 0.4) is 0 Å². The summed E-state index contributed by atoms with van der Waals surface area (Å²) in [4.78, 5) is 12.2. The number of nitrogens with one attached hydrogen (secondary N) is 1. The minimum absolute atomic E-state index is 0.0943. The number of nitrogens with zero attached hydrogens (tertiary/aromatic N) is 1. The molecule has 0 saturated carbocycles. The van der Waals surface area contributed by atoms with Crippen molar-refractivity contribution in [1.29, 1.82) is 0 Å². The molecule has 1 N–H and O–H groups in total. The summed E-state index contributed by atoms with van der Waals surface area (Å²) < 4.78 is 31.8. The Morgan fingerprint density at radius 3 is 2.16 bits per heavy atom. The van der Waals surface area contributed by atoms with Gasteiger partial charge in [0.05, 0.1) is 18.5 Å². The lowest BCUT2D eigenvalue weighted by Crippen LogP contribution is -2.33. The fourth-order valence-electron chi connectivity index (χ4n) is 3.52. The second-order valence-electron chi connectivity index (χ2n) is 9.15. The third-order valence-electron chi connectivity index (χ3n) is 5.27. The minimum atomic E-state index is -3.44. The molecule has 0 unspecified atom stereocenters. The van der Waals surface area contributed by atoms with Crippen molar-refractivity contribution in [2.45, 2.75) is 52.9 Å². The zero-order chi connectivity index (χ0) is 23.9. The van der Waals surface area contributed by atoms with Crippen LogP contribution < -0.4 is 14.4 Å². The maximum Gasteiger partial charge on any atom is 0.232 e. The molecule has 0 radical (unpaired) electrons. The number of benzene rings is 2. The number of aryl methyl sites for hydroxylation is 2. The van der Waals surface area contributed by atoms with Gasteiger partial charge in [0.2, 0.25) is 15.9 Å². The van der Waals surface area contributed by atoms with Gasteiger partial charge in [-0.2, -0.15) is 0 Å². The Labute approximate surface area is 193 Å². The van der Waals surface area contributed by atoms with E-state index in [0.29, 0.717) is 25.3 Å². The van der Waals surface area contributed by atoms with Crippen molar-refractivity contribution in [1.82, 2.24) is 5.32 Å². The van der Waals surface area contributed by atoms with Gasteiger partial charge in [0.15, 0.2) is 0 Å². The Hall–Kier alpha value is -2.54. The van der Waals surface area contributed by atoms with Gasteiger partial charge in [-0.3, -0.25) is 9.10 Å². The molecule has 7 heteroatoms. The van der Waals surface area contributed by atoms with Crippen molar-refractivity contribution < 1.29 is 17.9 Å². The molecule has 0 fully saturated rings. The van der Waals surface area contributed by atoms with Gasteiger partial charge in [0.25, 0.3) is 0 Å². The van der Waals surface area contributed by atoms with E-state index in [-0.39, 0.29) is 24.3 Å². The maximum absolute atomic E-state index is 12.3. The second kappa shape index (κ2) is 10.9. The molecule has 0 bridgehead atoms. The summed E-state index contributed by atoms with van der Waals surface area (Å²) in [6.45, 7) is 11.3. The Balaban J connectivity index is 1.79. The van der Waals surface area contributed by atoms with E-state index in [1.807, 2.05) is 44.2 Å². The van der Waals surface area contributed by atoms with E-state index >= 15 is 0 Å². The predicted molar refractivity (Wildman–Crippen MR) is 131 cm³/mol. The summed E-state index contributed by atoms with van der Waals surface area (Å²) in [6.07, 6.45) is 1.88. The lowest BCUT2D eigenvalue weighted by Gasteiger charge is -2.26. The number of hydrogen-bond donors (Lipinski definition) is 1. The topological polar surface area (TPSA) is 75.7 Å². The van der Waals surface area contributed by atoms with Gasteiger partial charge < -0.3 is 10.1 Å². The number of carbonyl (C=O) groups excluding carboxylic acids is 1. The van der Waals surface area contributed by atoms with Crippen LogP contribution in [-0.2, 0) is 20.2 Å². The quantitative estimate of drug-likeness (QED) is 0.535. The molecule has 1 amide bonds. The third-order valence-corrected chi connectivity index (χ3v) is 6.43. The predicted octanol–water partition coefficient (Wildman–Crippen LogP) is 4.34. The van der Waals surface area contributed by atoms with Crippen LogP contribution in [0, 0.1) is 13.8 Å². The Kier molecular flexibility index (Phi) is 8.73. The molecule has 2 rings (SSSR count). The highest BCUT2D eigenvalue weighted by Gasteiger charge is 2.21.